The van der Waals surface area contributed by atoms with Crippen molar-refractivity contribution in [3.05, 3.63) is 0 Å². The van der Waals surface area contributed by atoms with Crippen LogP contribution < -0.4 is 5.73 Å². The molecule has 0 bridgehead atoms. The highest BCUT2D eigenvalue weighted by Crippen LogP contribution is 2.39. The van der Waals surface area contributed by atoms with Crippen LogP contribution in [0.15, 0.2) is 4.99 Å². The van der Waals surface area contributed by atoms with E-state index in [1.54, 1.807) is 7.11 Å². The molecule has 1 heterocycles. The molecule has 0 aromatic rings. The van der Waals surface area contributed by atoms with Crippen molar-refractivity contribution in [1.29, 1.82) is 0 Å². The summed E-state index contributed by atoms with van der Waals surface area (Å²) in [5.41, 5.74) is 5.98. The molecule has 1 aliphatic carbocycles. The van der Waals surface area contributed by atoms with Gasteiger partial charge in [-0.2, -0.15) is 0 Å². The van der Waals surface area contributed by atoms with Crippen LogP contribution in [0.1, 0.15) is 26.7 Å². The summed E-state index contributed by atoms with van der Waals surface area (Å²) in [6.07, 6.45) is 2.49. The fourth-order valence-corrected chi connectivity index (χ4v) is 2.47. The molecule has 1 aliphatic heterocycles. The van der Waals surface area contributed by atoms with E-state index in [0.717, 1.165) is 6.54 Å². The average molecular weight is 211 g/mol. The number of methoxy groups -OCH3 is 1. The maximum Gasteiger partial charge on any atom is 0.192 e. The summed E-state index contributed by atoms with van der Waals surface area (Å²) < 4.78 is 5.38. The van der Waals surface area contributed by atoms with E-state index >= 15 is 0 Å². The quantitative estimate of drug-likeness (QED) is 0.749. The zero-order chi connectivity index (χ0) is 11.1. The molecule has 86 valence electrons. The molecule has 1 saturated carbocycles. The lowest BCUT2D eigenvalue weighted by molar-refractivity contribution is 0.0304. The van der Waals surface area contributed by atoms with Crippen molar-refractivity contribution in [2.75, 3.05) is 20.3 Å². The predicted octanol–water partition coefficient (Wildman–Crippen LogP) is 0.820. The SMILES string of the molecule is COCC1(C(C)C)CN=C(N)N1C1CC1. The molecule has 2 rings (SSSR count). The molecule has 2 aliphatic rings. The summed E-state index contributed by atoms with van der Waals surface area (Å²) in [7, 11) is 1.75. The van der Waals surface area contributed by atoms with Gasteiger partial charge in [0.25, 0.3) is 0 Å². The van der Waals surface area contributed by atoms with E-state index in [-0.39, 0.29) is 5.54 Å². The molecule has 0 aromatic heterocycles. The van der Waals surface area contributed by atoms with Crippen molar-refractivity contribution in [1.82, 2.24) is 4.90 Å². The lowest BCUT2D eigenvalue weighted by Crippen LogP contribution is -2.58. The highest BCUT2D eigenvalue weighted by atomic mass is 16.5. The van der Waals surface area contributed by atoms with Gasteiger partial charge in [0.2, 0.25) is 0 Å². The normalized spacial score (nSPS) is 31.2. The molecular weight excluding hydrogens is 190 g/mol. The van der Waals surface area contributed by atoms with Crippen LogP contribution in [0.3, 0.4) is 0 Å². The Balaban J connectivity index is 2.23. The van der Waals surface area contributed by atoms with Gasteiger partial charge < -0.3 is 15.4 Å². The van der Waals surface area contributed by atoms with Crippen molar-refractivity contribution in [2.24, 2.45) is 16.6 Å². The van der Waals surface area contributed by atoms with Crippen LogP contribution in [0.25, 0.3) is 0 Å². The summed E-state index contributed by atoms with van der Waals surface area (Å²) in [6, 6.07) is 0.605. The molecule has 1 unspecified atom stereocenters. The van der Waals surface area contributed by atoms with Crippen LogP contribution in [0.4, 0.5) is 0 Å². The molecule has 15 heavy (non-hydrogen) atoms. The summed E-state index contributed by atoms with van der Waals surface area (Å²) in [5, 5.41) is 0. The molecular formula is C11H21N3O. The second kappa shape index (κ2) is 3.67. The molecule has 4 nitrogen and oxygen atoms in total. The van der Waals surface area contributed by atoms with E-state index in [9.17, 15) is 0 Å². The smallest absolute Gasteiger partial charge is 0.192 e. The zero-order valence-electron chi connectivity index (χ0n) is 9.86. The Labute approximate surface area is 91.5 Å². The predicted molar refractivity (Wildman–Crippen MR) is 60.8 cm³/mol. The van der Waals surface area contributed by atoms with Gasteiger partial charge in [-0.15, -0.1) is 0 Å². The van der Waals surface area contributed by atoms with Gasteiger partial charge >= 0.3 is 0 Å². The first-order chi connectivity index (χ1) is 7.12. The summed E-state index contributed by atoms with van der Waals surface area (Å²) in [4.78, 5) is 6.72. The van der Waals surface area contributed by atoms with Crippen molar-refractivity contribution in [3.8, 4) is 0 Å². The Hall–Kier alpha value is -0.770. The first-order valence-electron chi connectivity index (χ1n) is 5.70. The lowest BCUT2D eigenvalue weighted by Gasteiger charge is -2.42. The third-order valence-corrected chi connectivity index (χ3v) is 3.62. The number of ether oxygens (including phenoxy) is 1. The van der Waals surface area contributed by atoms with E-state index in [0.29, 0.717) is 24.5 Å². The zero-order valence-corrected chi connectivity index (χ0v) is 9.86. The van der Waals surface area contributed by atoms with Crippen molar-refractivity contribution >= 4 is 5.96 Å². The van der Waals surface area contributed by atoms with Gasteiger partial charge in [-0.3, -0.25) is 4.99 Å². The minimum Gasteiger partial charge on any atom is -0.382 e. The number of hydrogen-bond donors (Lipinski definition) is 1. The van der Waals surface area contributed by atoms with E-state index < -0.39 is 0 Å². The fraction of sp³-hybridized carbons (Fsp3) is 0.909. The lowest BCUT2D eigenvalue weighted by atomic mass is 9.86. The molecule has 0 spiro atoms. The first-order valence-corrected chi connectivity index (χ1v) is 5.70. The highest BCUT2D eigenvalue weighted by Gasteiger charge is 2.50. The second-order valence-corrected chi connectivity index (χ2v) is 4.97. The van der Waals surface area contributed by atoms with E-state index in [1.165, 1.54) is 12.8 Å². The molecule has 1 atom stereocenters. The van der Waals surface area contributed by atoms with Gasteiger partial charge in [-0.05, 0) is 18.8 Å². The fourth-order valence-electron chi connectivity index (χ4n) is 2.47. The first kappa shape index (κ1) is 10.7. The van der Waals surface area contributed by atoms with E-state index in [1.807, 2.05) is 0 Å². The summed E-state index contributed by atoms with van der Waals surface area (Å²) in [6.45, 7) is 5.94. The topological polar surface area (TPSA) is 50.9 Å². The van der Waals surface area contributed by atoms with Gasteiger partial charge in [-0.1, -0.05) is 13.8 Å². The van der Waals surface area contributed by atoms with Crippen LogP contribution in [-0.4, -0.2) is 42.7 Å². The average Bonchev–Trinajstić information content (AvgIpc) is 2.94. The molecule has 0 amide bonds. The number of aliphatic imine (C=N–C) groups is 1. The second-order valence-electron chi connectivity index (χ2n) is 4.97. The van der Waals surface area contributed by atoms with Crippen molar-refractivity contribution < 1.29 is 4.74 Å². The van der Waals surface area contributed by atoms with Crippen molar-refractivity contribution in [3.63, 3.8) is 0 Å². The maximum absolute atomic E-state index is 5.98. The number of hydrogen-bond acceptors (Lipinski definition) is 4. The van der Waals surface area contributed by atoms with Gasteiger partial charge in [0, 0.05) is 13.2 Å². The van der Waals surface area contributed by atoms with Gasteiger partial charge in [0.1, 0.15) is 0 Å². The third-order valence-electron chi connectivity index (χ3n) is 3.62. The molecule has 2 N–H and O–H groups in total. The van der Waals surface area contributed by atoms with E-state index in [4.69, 9.17) is 10.5 Å². The van der Waals surface area contributed by atoms with Crippen molar-refractivity contribution in [2.45, 2.75) is 38.3 Å². The Kier molecular flexibility index (Phi) is 2.63. The Morgan fingerprint density at radius 3 is 2.73 bits per heavy atom. The molecule has 1 fully saturated rings. The number of rotatable bonds is 4. The van der Waals surface area contributed by atoms with Gasteiger partial charge in [-0.25, -0.2) is 0 Å². The van der Waals surface area contributed by atoms with Crippen LogP contribution >= 0.6 is 0 Å². The van der Waals surface area contributed by atoms with Gasteiger partial charge in [0.15, 0.2) is 5.96 Å². The Morgan fingerprint density at radius 2 is 2.27 bits per heavy atom. The number of nitrogens with two attached hydrogens (primary N) is 1. The largest absolute Gasteiger partial charge is 0.382 e. The molecule has 0 aromatic carbocycles. The molecule has 4 heteroatoms. The van der Waals surface area contributed by atoms with Crippen LogP contribution in [-0.2, 0) is 4.74 Å². The molecule has 0 saturated heterocycles. The summed E-state index contributed by atoms with van der Waals surface area (Å²) >= 11 is 0. The monoisotopic (exact) mass is 211 g/mol. The minimum absolute atomic E-state index is 0. The van der Waals surface area contributed by atoms with Crippen LogP contribution in [0.2, 0.25) is 0 Å². The Bertz CT molecular complexity index is 273. The van der Waals surface area contributed by atoms with Gasteiger partial charge in [0.05, 0.1) is 18.7 Å². The highest BCUT2D eigenvalue weighted by molar-refractivity contribution is 5.81. The summed E-state index contributed by atoms with van der Waals surface area (Å²) in [5.74, 6) is 1.21. The van der Waals surface area contributed by atoms with E-state index in [2.05, 4.69) is 23.7 Å². The Morgan fingerprint density at radius 1 is 1.60 bits per heavy atom. The van der Waals surface area contributed by atoms with Crippen LogP contribution in [0, 0.1) is 5.92 Å². The minimum atomic E-state index is 0. The standard InChI is InChI=1S/C11H21N3O/c1-8(2)11(7-15-3)6-13-10(12)14(11)9-4-5-9/h8-9H,4-7H2,1-3H3,(H2,12,13). The molecule has 0 radical (unpaired) electrons. The number of guanidine groups is 1. The number of nitrogens with zero attached hydrogens (tertiary/aromatic N) is 2. The third kappa shape index (κ3) is 1.61. The van der Waals surface area contributed by atoms with Crippen LogP contribution in [0.5, 0.6) is 0 Å². The maximum atomic E-state index is 5.98.